The van der Waals surface area contributed by atoms with Gasteiger partial charge in [0.2, 0.25) is 11.8 Å². The van der Waals surface area contributed by atoms with E-state index in [4.69, 9.17) is 4.42 Å². The summed E-state index contributed by atoms with van der Waals surface area (Å²) in [6.07, 6.45) is 0.112. The second kappa shape index (κ2) is 6.18. The van der Waals surface area contributed by atoms with Gasteiger partial charge in [0.25, 0.3) is 0 Å². The number of aromatic nitrogens is 1. The van der Waals surface area contributed by atoms with Crippen LogP contribution in [0.15, 0.2) is 51.7 Å². The highest BCUT2D eigenvalue weighted by Crippen LogP contribution is 2.32. The highest BCUT2D eigenvalue weighted by Gasteiger charge is 2.31. The number of benzene rings is 2. The van der Waals surface area contributed by atoms with Crippen LogP contribution in [-0.2, 0) is 9.59 Å². The second-order valence-corrected chi connectivity index (χ2v) is 6.39. The number of fused-ring (bicyclic) bond motifs is 2. The monoisotopic (exact) mass is 351 g/mol. The van der Waals surface area contributed by atoms with E-state index in [-0.39, 0.29) is 24.3 Å². The van der Waals surface area contributed by atoms with Gasteiger partial charge in [0.1, 0.15) is 0 Å². The summed E-state index contributed by atoms with van der Waals surface area (Å²) in [5, 5.41) is 5.74. The molecule has 7 nitrogen and oxygen atoms in total. The van der Waals surface area contributed by atoms with Crippen LogP contribution in [0.5, 0.6) is 0 Å². The molecule has 132 valence electrons. The highest BCUT2D eigenvalue weighted by molar-refractivity contribution is 6.01. The third-order valence-electron chi connectivity index (χ3n) is 4.62. The number of amides is 2. The fourth-order valence-electron chi connectivity index (χ4n) is 3.27. The molecule has 2 amide bonds. The molecular formula is C19H17N3O4. The van der Waals surface area contributed by atoms with Gasteiger partial charge >= 0.3 is 5.76 Å². The van der Waals surface area contributed by atoms with E-state index in [9.17, 15) is 14.4 Å². The summed E-state index contributed by atoms with van der Waals surface area (Å²) in [5.41, 5.74) is 3.34. The molecule has 2 aromatic carbocycles. The van der Waals surface area contributed by atoms with Crippen LogP contribution in [0.3, 0.4) is 0 Å². The first kappa shape index (κ1) is 16.1. The summed E-state index contributed by atoms with van der Waals surface area (Å²) in [6.45, 7) is 1.85. The van der Waals surface area contributed by atoms with Gasteiger partial charge in [-0.2, -0.15) is 0 Å². The summed E-state index contributed by atoms with van der Waals surface area (Å²) in [5.74, 6) is -1.43. The zero-order valence-corrected chi connectivity index (χ0v) is 14.0. The van der Waals surface area contributed by atoms with E-state index in [1.165, 1.54) is 0 Å². The Morgan fingerprint density at radius 1 is 1.23 bits per heavy atom. The molecule has 4 rings (SSSR count). The number of carbonyl (C=O) groups excluding carboxylic acids is 2. The van der Waals surface area contributed by atoms with Crippen LogP contribution in [-0.4, -0.2) is 16.8 Å². The Balaban J connectivity index is 1.57. The van der Waals surface area contributed by atoms with Gasteiger partial charge in [-0.3, -0.25) is 14.6 Å². The summed E-state index contributed by atoms with van der Waals surface area (Å²) in [6, 6.07) is 12.3. The molecule has 2 unspecified atom stereocenters. The fourth-order valence-corrected chi connectivity index (χ4v) is 3.27. The molecule has 0 saturated carbocycles. The van der Waals surface area contributed by atoms with Crippen molar-refractivity contribution in [3.8, 4) is 0 Å². The average molecular weight is 351 g/mol. The van der Waals surface area contributed by atoms with Gasteiger partial charge in [-0.1, -0.05) is 24.3 Å². The Labute approximate surface area is 148 Å². The van der Waals surface area contributed by atoms with E-state index in [1.54, 1.807) is 18.2 Å². The van der Waals surface area contributed by atoms with Crippen molar-refractivity contribution in [1.82, 2.24) is 10.3 Å². The van der Waals surface area contributed by atoms with Crippen LogP contribution in [0, 0.1) is 0 Å². The second-order valence-electron chi connectivity index (χ2n) is 6.39. The van der Waals surface area contributed by atoms with E-state index in [0.717, 1.165) is 11.1 Å². The van der Waals surface area contributed by atoms with E-state index in [1.807, 2.05) is 31.2 Å². The van der Waals surface area contributed by atoms with Crippen molar-refractivity contribution < 1.29 is 14.0 Å². The molecular weight excluding hydrogens is 334 g/mol. The first-order valence-electron chi connectivity index (χ1n) is 8.33. The number of hydrogen-bond donors (Lipinski definition) is 3. The minimum absolute atomic E-state index is 0.112. The lowest BCUT2D eigenvalue weighted by molar-refractivity contribution is -0.126. The number of oxazole rings is 1. The van der Waals surface area contributed by atoms with E-state index in [0.29, 0.717) is 16.8 Å². The Hall–Kier alpha value is -3.35. The maximum Gasteiger partial charge on any atom is 0.417 e. The number of anilines is 1. The number of rotatable bonds is 3. The number of hydrogen-bond acceptors (Lipinski definition) is 4. The smallest absolute Gasteiger partial charge is 0.408 e. The molecule has 3 aromatic rings. The lowest BCUT2D eigenvalue weighted by atomic mass is 9.89. The van der Waals surface area contributed by atoms with Crippen molar-refractivity contribution in [3.63, 3.8) is 0 Å². The molecule has 1 aliphatic heterocycles. The molecule has 0 bridgehead atoms. The molecule has 1 aliphatic rings. The van der Waals surface area contributed by atoms with Crippen molar-refractivity contribution in [2.45, 2.75) is 25.3 Å². The minimum Gasteiger partial charge on any atom is -0.408 e. The molecule has 0 aliphatic carbocycles. The van der Waals surface area contributed by atoms with E-state index in [2.05, 4.69) is 15.6 Å². The maximum absolute atomic E-state index is 12.8. The normalized spacial score (nSPS) is 17.4. The van der Waals surface area contributed by atoms with Crippen molar-refractivity contribution in [2.24, 2.45) is 0 Å². The molecule has 3 N–H and O–H groups in total. The predicted molar refractivity (Wildman–Crippen MR) is 95.8 cm³/mol. The third kappa shape index (κ3) is 2.88. The molecule has 2 heterocycles. The van der Waals surface area contributed by atoms with Gasteiger partial charge in [0.05, 0.1) is 17.5 Å². The molecule has 2 atom stereocenters. The van der Waals surface area contributed by atoms with Gasteiger partial charge in [0.15, 0.2) is 5.58 Å². The van der Waals surface area contributed by atoms with E-state index >= 15 is 0 Å². The van der Waals surface area contributed by atoms with Crippen LogP contribution in [0.1, 0.15) is 36.4 Å². The average Bonchev–Trinajstić information content (AvgIpc) is 2.99. The van der Waals surface area contributed by atoms with Gasteiger partial charge in [-0.05, 0) is 36.2 Å². The Bertz CT molecular complexity index is 1070. The summed E-state index contributed by atoms with van der Waals surface area (Å²) in [4.78, 5) is 38.5. The Morgan fingerprint density at radius 2 is 2.04 bits per heavy atom. The van der Waals surface area contributed by atoms with Crippen molar-refractivity contribution in [3.05, 3.63) is 64.1 Å². The summed E-state index contributed by atoms with van der Waals surface area (Å²) in [7, 11) is 0. The molecule has 26 heavy (non-hydrogen) atoms. The number of carbonyl (C=O) groups is 2. The highest BCUT2D eigenvalue weighted by atomic mass is 16.4. The molecule has 0 radical (unpaired) electrons. The van der Waals surface area contributed by atoms with Crippen molar-refractivity contribution in [2.75, 3.05) is 5.32 Å². The number of aromatic amines is 1. The Morgan fingerprint density at radius 3 is 2.88 bits per heavy atom. The molecule has 0 saturated heterocycles. The standard InChI is InChI=1S/C19H17N3O4/c1-10(11-6-7-15-16(8-11)26-19(25)22-15)20-18(24)13-9-17(23)21-14-5-3-2-4-12(13)14/h2-8,10,13H,9H2,1H3,(H,20,24)(H,21,23)(H,22,25). The van der Waals surface area contributed by atoms with Crippen LogP contribution < -0.4 is 16.4 Å². The lowest BCUT2D eigenvalue weighted by Gasteiger charge is -2.26. The molecule has 1 aromatic heterocycles. The predicted octanol–water partition coefficient (Wildman–Crippen LogP) is 2.42. The number of nitrogens with one attached hydrogen (secondary N) is 3. The van der Waals surface area contributed by atoms with Crippen LogP contribution in [0.2, 0.25) is 0 Å². The quantitative estimate of drug-likeness (QED) is 0.674. The molecule has 0 spiro atoms. The summed E-state index contributed by atoms with van der Waals surface area (Å²) >= 11 is 0. The van der Waals surface area contributed by atoms with Crippen LogP contribution >= 0.6 is 0 Å². The molecule has 7 heteroatoms. The summed E-state index contributed by atoms with van der Waals surface area (Å²) < 4.78 is 5.06. The zero-order valence-electron chi connectivity index (χ0n) is 14.0. The zero-order chi connectivity index (χ0) is 18.3. The van der Waals surface area contributed by atoms with E-state index < -0.39 is 11.7 Å². The SMILES string of the molecule is CC(NC(=O)C1CC(=O)Nc2ccccc21)c1ccc2[nH]c(=O)oc2c1. The third-order valence-corrected chi connectivity index (χ3v) is 4.62. The van der Waals surface area contributed by atoms with Crippen molar-refractivity contribution in [1.29, 1.82) is 0 Å². The number of H-pyrrole nitrogens is 1. The van der Waals surface area contributed by atoms with Gasteiger partial charge < -0.3 is 15.1 Å². The first-order chi connectivity index (χ1) is 12.5. The van der Waals surface area contributed by atoms with Gasteiger partial charge in [-0.25, -0.2) is 4.79 Å². The van der Waals surface area contributed by atoms with Gasteiger partial charge in [-0.15, -0.1) is 0 Å². The first-order valence-corrected chi connectivity index (χ1v) is 8.33. The maximum atomic E-state index is 12.8. The number of para-hydroxylation sites is 1. The van der Waals surface area contributed by atoms with Crippen LogP contribution in [0.25, 0.3) is 11.1 Å². The fraction of sp³-hybridized carbons (Fsp3) is 0.211. The Kier molecular flexibility index (Phi) is 3.84. The van der Waals surface area contributed by atoms with Crippen molar-refractivity contribution >= 4 is 28.6 Å². The minimum atomic E-state index is -0.531. The largest absolute Gasteiger partial charge is 0.417 e. The lowest BCUT2D eigenvalue weighted by Crippen LogP contribution is -2.36. The topological polar surface area (TPSA) is 104 Å². The van der Waals surface area contributed by atoms with Crippen LogP contribution in [0.4, 0.5) is 5.69 Å². The van der Waals surface area contributed by atoms with Gasteiger partial charge in [0, 0.05) is 12.1 Å². The molecule has 0 fully saturated rings.